The minimum atomic E-state index is -0.837. The van der Waals surface area contributed by atoms with Crippen LogP contribution in [0.25, 0.3) is 0 Å². The van der Waals surface area contributed by atoms with E-state index in [1.54, 1.807) is 6.92 Å². The molecule has 4 heteroatoms. The molecule has 0 radical (unpaired) electrons. The Kier molecular flexibility index (Phi) is 4.21. The van der Waals surface area contributed by atoms with E-state index in [0.717, 1.165) is 29.2 Å². The summed E-state index contributed by atoms with van der Waals surface area (Å²) in [5.74, 6) is -0.0904. The summed E-state index contributed by atoms with van der Waals surface area (Å²) in [4.78, 5) is 19.8. The van der Waals surface area contributed by atoms with Crippen LogP contribution in [0.5, 0.6) is 0 Å². The van der Waals surface area contributed by atoms with Crippen LogP contribution >= 0.6 is 0 Å². The lowest BCUT2D eigenvalue weighted by Crippen LogP contribution is -2.15. The van der Waals surface area contributed by atoms with Crippen LogP contribution < -0.4 is 0 Å². The fraction of sp³-hybridized carbons (Fsp3) is 0.615. The van der Waals surface area contributed by atoms with Crippen LogP contribution in [0.3, 0.4) is 0 Å². The Morgan fingerprint density at radius 1 is 1.18 bits per heavy atom. The maximum absolute atomic E-state index is 11.0. The number of rotatable bonds is 4. The number of aromatic nitrogens is 2. The molecule has 0 fully saturated rings. The lowest BCUT2D eigenvalue weighted by atomic mass is 9.98. The molecule has 17 heavy (non-hydrogen) atoms. The molecular weight excluding hydrogens is 216 g/mol. The molecule has 0 aliphatic carbocycles. The average molecular weight is 236 g/mol. The van der Waals surface area contributed by atoms with E-state index in [4.69, 9.17) is 5.11 Å². The number of aliphatic carboxylic acids is 1. The number of hydrogen-bond donors (Lipinski definition) is 1. The highest BCUT2D eigenvalue weighted by Crippen LogP contribution is 2.22. The Morgan fingerprint density at radius 3 is 2.00 bits per heavy atom. The molecule has 1 unspecified atom stereocenters. The number of nitrogens with zero attached hydrogens (tertiary/aromatic N) is 2. The summed E-state index contributed by atoms with van der Waals surface area (Å²) < 4.78 is 0. The summed E-state index contributed by atoms with van der Waals surface area (Å²) >= 11 is 0. The number of carbonyl (C=O) groups is 1. The standard InChI is InChI=1S/C13H20N2O2/c1-7(2)6-11-14-9(4)12(10(5)15-11)8(3)13(16)17/h7-8H,6H2,1-5H3,(H,16,17). The minimum Gasteiger partial charge on any atom is -0.481 e. The Morgan fingerprint density at radius 2 is 1.65 bits per heavy atom. The van der Waals surface area contributed by atoms with Crippen molar-refractivity contribution in [2.45, 2.75) is 47.0 Å². The number of aryl methyl sites for hydroxylation is 2. The molecule has 0 spiro atoms. The lowest BCUT2D eigenvalue weighted by molar-refractivity contribution is -0.138. The average Bonchev–Trinajstić information content (AvgIpc) is 2.14. The van der Waals surface area contributed by atoms with E-state index < -0.39 is 11.9 Å². The molecule has 1 atom stereocenters. The number of carboxylic acid groups (broad SMARTS) is 1. The zero-order valence-corrected chi connectivity index (χ0v) is 11.1. The quantitative estimate of drug-likeness (QED) is 0.872. The zero-order valence-electron chi connectivity index (χ0n) is 11.1. The van der Waals surface area contributed by atoms with Crippen LogP contribution in [0, 0.1) is 19.8 Å². The second kappa shape index (κ2) is 5.25. The van der Waals surface area contributed by atoms with Crippen molar-refractivity contribution in [2.24, 2.45) is 5.92 Å². The number of hydrogen-bond acceptors (Lipinski definition) is 3. The summed E-state index contributed by atoms with van der Waals surface area (Å²) in [6.45, 7) is 9.60. The van der Waals surface area contributed by atoms with Gasteiger partial charge in [0.2, 0.25) is 0 Å². The molecule has 1 heterocycles. The molecule has 0 saturated carbocycles. The molecule has 0 aliphatic rings. The Hall–Kier alpha value is -1.45. The third kappa shape index (κ3) is 3.25. The molecule has 1 rings (SSSR count). The van der Waals surface area contributed by atoms with Crippen molar-refractivity contribution in [1.82, 2.24) is 9.97 Å². The van der Waals surface area contributed by atoms with Gasteiger partial charge in [-0.15, -0.1) is 0 Å². The monoisotopic (exact) mass is 236 g/mol. The molecule has 0 saturated heterocycles. The van der Waals surface area contributed by atoms with E-state index in [0.29, 0.717) is 5.92 Å². The molecule has 0 aromatic carbocycles. The predicted octanol–water partition coefficient (Wildman–Crippen LogP) is 2.48. The van der Waals surface area contributed by atoms with Crippen LogP contribution in [-0.2, 0) is 11.2 Å². The summed E-state index contributed by atoms with van der Waals surface area (Å²) in [6, 6.07) is 0. The van der Waals surface area contributed by atoms with E-state index in [1.807, 2.05) is 13.8 Å². The van der Waals surface area contributed by atoms with Crippen LogP contribution in [-0.4, -0.2) is 21.0 Å². The van der Waals surface area contributed by atoms with E-state index in [2.05, 4.69) is 23.8 Å². The van der Waals surface area contributed by atoms with E-state index in [1.165, 1.54) is 0 Å². The molecule has 0 amide bonds. The first-order chi connectivity index (χ1) is 7.82. The highest BCUT2D eigenvalue weighted by Gasteiger charge is 2.20. The molecular formula is C13H20N2O2. The van der Waals surface area contributed by atoms with Crippen LogP contribution in [0.4, 0.5) is 0 Å². The second-order valence-electron chi connectivity index (χ2n) is 4.88. The summed E-state index contributed by atoms with van der Waals surface area (Å²) in [6.07, 6.45) is 0.823. The third-order valence-corrected chi connectivity index (χ3v) is 2.77. The van der Waals surface area contributed by atoms with Gasteiger partial charge in [0.05, 0.1) is 5.92 Å². The molecule has 94 valence electrons. The van der Waals surface area contributed by atoms with Crippen molar-refractivity contribution in [3.05, 3.63) is 22.8 Å². The van der Waals surface area contributed by atoms with E-state index in [9.17, 15) is 4.79 Å². The minimum absolute atomic E-state index is 0.497. The first kappa shape index (κ1) is 13.6. The first-order valence-electron chi connectivity index (χ1n) is 5.89. The second-order valence-corrected chi connectivity index (χ2v) is 4.88. The van der Waals surface area contributed by atoms with Gasteiger partial charge < -0.3 is 5.11 Å². The van der Waals surface area contributed by atoms with Gasteiger partial charge in [0.25, 0.3) is 0 Å². The van der Waals surface area contributed by atoms with Gasteiger partial charge in [-0.2, -0.15) is 0 Å². The molecule has 4 nitrogen and oxygen atoms in total. The maximum Gasteiger partial charge on any atom is 0.310 e. The zero-order chi connectivity index (χ0) is 13.2. The third-order valence-electron chi connectivity index (χ3n) is 2.77. The fourth-order valence-electron chi connectivity index (χ4n) is 2.00. The summed E-state index contributed by atoms with van der Waals surface area (Å²) in [5, 5.41) is 9.04. The molecule has 1 aromatic heterocycles. The Balaban J connectivity index is 3.14. The largest absolute Gasteiger partial charge is 0.481 e. The maximum atomic E-state index is 11.0. The van der Waals surface area contributed by atoms with Crippen molar-refractivity contribution in [1.29, 1.82) is 0 Å². The Labute approximate surface area is 102 Å². The van der Waals surface area contributed by atoms with Crippen molar-refractivity contribution in [3.63, 3.8) is 0 Å². The smallest absolute Gasteiger partial charge is 0.310 e. The molecule has 0 aliphatic heterocycles. The number of carboxylic acids is 1. The van der Waals surface area contributed by atoms with Gasteiger partial charge in [-0.05, 0) is 26.7 Å². The van der Waals surface area contributed by atoms with Gasteiger partial charge in [0, 0.05) is 23.4 Å². The fourth-order valence-corrected chi connectivity index (χ4v) is 2.00. The first-order valence-corrected chi connectivity index (χ1v) is 5.89. The summed E-state index contributed by atoms with van der Waals surface area (Å²) in [5.41, 5.74) is 2.30. The van der Waals surface area contributed by atoms with Gasteiger partial charge in [-0.25, -0.2) is 9.97 Å². The van der Waals surface area contributed by atoms with Crippen LogP contribution in [0.2, 0.25) is 0 Å². The van der Waals surface area contributed by atoms with Crippen molar-refractivity contribution in [2.75, 3.05) is 0 Å². The summed E-state index contributed by atoms with van der Waals surface area (Å²) in [7, 11) is 0. The van der Waals surface area contributed by atoms with Crippen LogP contribution in [0.15, 0.2) is 0 Å². The highest BCUT2D eigenvalue weighted by molar-refractivity contribution is 5.76. The molecule has 1 aromatic rings. The van der Waals surface area contributed by atoms with Crippen molar-refractivity contribution < 1.29 is 9.90 Å². The SMILES string of the molecule is Cc1nc(CC(C)C)nc(C)c1C(C)C(=O)O. The van der Waals surface area contributed by atoms with Crippen LogP contribution in [0.1, 0.15) is 49.5 Å². The highest BCUT2D eigenvalue weighted by atomic mass is 16.4. The van der Waals surface area contributed by atoms with Crippen molar-refractivity contribution in [3.8, 4) is 0 Å². The van der Waals surface area contributed by atoms with Gasteiger partial charge in [0.1, 0.15) is 5.82 Å². The Bertz CT molecular complexity index is 404. The predicted molar refractivity (Wildman–Crippen MR) is 66.1 cm³/mol. The topological polar surface area (TPSA) is 63.1 Å². The van der Waals surface area contributed by atoms with Gasteiger partial charge in [-0.1, -0.05) is 13.8 Å². The normalized spacial score (nSPS) is 12.8. The van der Waals surface area contributed by atoms with E-state index >= 15 is 0 Å². The lowest BCUT2D eigenvalue weighted by Gasteiger charge is -2.14. The van der Waals surface area contributed by atoms with Crippen molar-refractivity contribution >= 4 is 5.97 Å². The molecule has 1 N–H and O–H groups in total. The van der Waals surface area contributed by atoms with E-state index in [-0.39, 0.29) is 0 Å². The van der Waals surface area contributed by atoms with Gasteiger partial charge in [0.15, 0.2) is 0 Å². The molecule has 0 bridgehead atoms. The van der Waals surface area contributed by atoms with Gasteiger partial charge >= 0.3 is 5.97 Å². The van der Waals surface area contributed by atoms with Gasteiger partial charge in [-0.3, -0.25) is 4.79 Å².